The van der Waals surface area contributed by atoms with Crippen LogP contribution >= 0.6 is 11.8 Å². The molecule has 0 atom stereocenters. The lowest BCUT2D eigenvalue weighted by Gasteiger charge is -2.21. The number of allylic oxidation sites excluding steroid dienone is 7. The summed E-state index contributed by atoms with van der Waals surface area (Å²) in [5, 5.41) is 0. The van der Waals surface area contributed by atoms with Crippen molar-refractivity contribution in [3.63, 3.8) is 0 Å². The average molecular weight is 367 g/mol. The minimum absolute atomic E-state index is 0.187. The first kappa shape index (κ1) is 20.8. The van der Waals surface area contributed by atoms with Gasteiger partial charge < -0.3 is 0 Å². The van der Waals surface area contributed by atoms with Gasteiger partial charge in [-0.2, -0.15) is 0 Å². The topological polar surface area (TPSA) is 0 Å². The minimum Gasteiger partial charge on any atom is -0.0987 e. The normalized spacial score (nSPS) is 16.4. The zero-order chi connectivity index (χ0) is 19.3. The van der Waals surface area contributed by atoms with Gasteiger partial charge in [-0.05, 0) is 80.4 Å². The van der Waals surface area contributed by atoms with Crippen molar-refractivity contribution < 1.29 is 0 Å². The van der Waals surface area contributed by atoms with E-state index in [-0.39, 0.29) is 5.41 Å². The molecule has 0 spiro atoms. The number of hydrogen-bond acceptors (Lipinski definition) is 1. The van der Waals surface area contributed by atoms with Crippen LogP contribution in [0.3, 0.4) is 0 Å². The van der Waals surface area contributed by atoms with Gasteiger partial charge in [-0.1, -0.05) is 72.8 Å². The number of aryl methyl sites for hydroxylation is 1. The van der Waals surface area contributed by atoms with E-state index in [0.29, 0.717) is 0 Å². The molecule has 1 aromatic rings. The Morgan fingerprint density at radius 3 is 2.23 bits per heavy atom. The molecule has 1 aliphatic rings. The zero-order valence-corrected chi connectivity index (χ0v) is 18.2. The Balaban J connectivity index is 2.15. The van der Waals surface area contributed by atoms with Gasteiger partial charge in [0.2, 0.25) is 0 Å². The highest BCUT2D eigenvalue weighted by molar-refractivity contribution is 8.06. The maximum absolute atomic E-state index is 4.50. The summed E-state index contributed by atoms with van der Waals surface area (Å²) in [6.07, 6.45) is 9.18. The van der Waals surface area contributed by atoms with Crippen LogP contribution in [0.25, 0.3) is 0 Å². The van der Waals surface area contributed by atoms with Crippen LogP contribution in [0.5, 0.6) is 0 Å². The lowest BCUT2D eigenvalue weighted by molar-refractivity contribution is 0.877. The van der Waals surface area contributed by atoms with E-state index in [0.717, 1.165) is 12.8 Å². The van der Waals surface area contributed by atoms with Crippen LogP contribution < -0.4 is 0 Å². The molecule has 0 amide bonds. The Labute approximate surface area is 165 Å². The summed E-state index contributed by atoms with van der Waals surface area (Å²) in [4.78, 5) is 2.72. The zero-order valence-electron chi connectivity index (χ0n) is 17.4. The van der Waals surface area contributed by atoms with E-state index in [1.165, 1.54) is 50.5 Å². The fraction of sp³-hybridized carbons (Fsp3) is 0.440. The summed E-state index contributed by atoms with van der Waals surface area (Å²) in [6.45, 7) is 17.7. The van der Waals surface area contributed by atoms with E-state index in [9.17, 15) is 0 Å². The van der Waals surface area contributed by atoms with Crippen LogP contribution in [-0.2, 0) is 5.41 Å². The quantitative estimate of drug-likeness (QED) is 0.417. The van der Waals surface area contributed by atoms with E-state index >= 15 is 0 Å². The summed E-state index contributed by atoms with van der Waals surface area (Å²) in [5.41, 5.74) is 7.23. The number of rotatable bonds is 8. The van der Waals surface area contributed by atoms with E-state index < -0.39 is 0 Å². The minimum atomic E-state index is 0.187. The van der Waals surface area contributed by atoms with Gasteiger partial charge >= 0.3 is 0 Å². The molecule has 0 unspecified atom stereocenters. The molecule has 1 aliphatic carbocycles. The molecule has 0 nitrogen and oxygen atoms in total. The smallest absolute Gasteiger partial charge is 0.0261 e. The first-order valence-electron chi connectivity index (χ1n) is 9.77. The number of hydrogen-bond donors (Lipinski definition) is 0. The molecule has 1 saturated carbocycles. The molecule has 0 saturated heterocycles. The summed E-state index contributed by atoms with van der Waals surface area (Å²) < 4.78 is 0. The largest absolute Gasteiger partial charge is 0.0987 e. The van der Waals surface area contributed by atoms with Gasteiger partial charge in [0.25, 0.3) is 0 Å². The average Bonchev–Trinajstić information content (AvgIpc) is 3.42. The summed E-state index contributed by atoms with van der Waals surface area (Å²) in [5.74, 6) is 0. The summed E-state index contributed by atoms with van der Waals surface area (Å²) >= 11 is 1.90. The van der Waals surface area contributed by atoms with Gasteiger partial charge in [-0.15, -0.1) is 0 Å². The standard InChI is InChI=1S/C25H34S/c1-8-10-22(20(6)18(3)4)17-24(9-2)26-21(7)25(15-16-25)23-13-11-19(5)12-14-23/h9-14H,7-8,15-17H2,1-6H3/b22-10-,24-9-. The maximum atomic E-state index is 4.50. The molecule has 0 radical (unpaired) electrons. The van der Waals surface area contributed by atoms with Crippen LogP contribution in [0.1, 0.15) is 71.4 Å². The van der Waals surface area contributed by atoms with E-state index in [1.54, 1.807) is 0 Å². The second-order valence-corrected chi connectivity index (χ2v) is 8.89. The fourth-order valence-corrected chi connectivity index (χ4v) is 4.47. The number of benzene rings is 1. The Morgan fingerprint density at radius 1 is 1.15 bits per heavy atom. The molecule has 0 aromatic heterocycles. The van der Waals surface area contributed by atoms with Crippen molar-refractivity contribution in [2.45, 2.75) is 72.6 Å². The van der Waals surface area contributed by atoms with Gasteiger partial charge in [0.1, 0.15) is 0 Å². The molecule has 26 heavy (non-hydrogen) atoms. The summed E-state index contributed by atoms with van der Waals surface area (Å²) in [6, 6.07) is 9.03. The van der Waals surface area contributed by atoms with Crippen LogP contribution in [0.2, 0.25) is 0 Å². The molecular formula is C25H34S. The molecular weight excluding hydrogens is 332 g/mol. The molecule has 0 N–H and O–H groups in total. The van der Waals surface area contributed by atoms with Gasteiger partial charge in [0.15, 0.2) is 0 Å². The monoisotopic (exact) mass is 366 g/mol. The molecule has 0 aliphatic heterocycles. The Kier molecular flexibility index (Phi) is 7.17. The van der Waals surface area contributed by atoms with Crippen LogP contribution in [0, 0.1) is 6.92 Å². The lowest BCUT2D eigenvalue weighted by Crippen LogP contribution is -2.07. The molecule has 140 valence electrons. The maximum Gasteiger partial charge on any atom is 0.0261 e. The SMILES string of the molecule is C=C(S/C(=C\C)C/C(=C/CC)C(C)=C(C)C)C1(c2ccc(C)cc2)CC1. The third kappa shape index (κ3) is 4.82. The second-order valence-electron chi connectivity index (χ2n) is 7.67. The lowest BCUT2D eigenvalue weighted by atomic mass is 9.95. The van der Waals surface area contributed by atoms with Gasteiger partial charge in [-0.3, -0.25) is 0 Å². The van der Waals surface area contributed by atoms with Crippen LogP contribution in [-0.4, -0.2) is 0 Å². The molecule has 1 fully saturated rings. The van der Waals surface area contributed by atoms with Crippen molar-refractivity contribution in [1.82, 2.24) is 0 Å². The number of thioether (sulfide) groups is 1. The highest BCUT2D eigenvalue weighted by atomic mass is 32.2. The van der Waals surface area contributed by atoms with Crippen molar-refractivity contribution in [3.8, 4) is 0 Å². The van der Waals surface area contributed by atoms with Crippen LogP contribution in [0.4, 0.5) is 0 Å². The highest BCUT2D eigenvalue weighted by Crippen LogP contribution is 2.58. The fourth-order valence-electron chi connectivity index (χ4n) is 3.29. The van der Waals surface area contributed by atoms with Gasteiger partial charge in [-0.25, -0.2) is 0 Å². The first-order valence-corrected chi connectivity index (χ1v) is 10.6. The van der Waals surface area contributed by atoms with Crippen molar-refractivity contribution in [3.05, 3.63) is 80.7 Å². The van der Waals surface area contributed by atoms with Crippen molar-refractivity contribution >= 4 is 11.8 Å². The molecule has 2 rings (SSSR count). The third-order valence-electron chi connectivity index (χ3n) is 5.51. The Bertz CT molecular complexity index is 733. The van der Waals surface area contributed by atoms with E-state index in [2.05, 4.69) is 84.5 Å². The first-order chi connectivity index (χ1) is 12.3. The van der Waals surface area contributed by atoms with E-state index in [1.807, 2.05) is 11.8 Å². The highest BCUT2D eigenvalue weighted by Gasteiger charge is 2.47. The molecule has 0 heterocycles. The summed E-state index contributed by atoms with van der Waals surface area (Å²) in [7, 11) is 0. The van der Waals surface area contributed by atoms with Gasteiger partial charge in [0.05, 0.1) is 0 Å². The molecule has 1 heteroatoms. The van der Waals surface area contributed by atoms with Gasteiger partial charge in [0, 0.05) is 11.8 Å². The Hall–Kier alpha value is -1.47. The predicted octanol–water partition coefficient (Wildman–Crippen LogP) is 8.26. The van der Waals surface area contributed by atoms with Crippen molar-refractivity contribution in [2.24, 2.45) is 0 Å². The molecule has 0 bridgehead atoms. The Morgan fingerprint density at radius 2 is 1.77 bits per heavy atom. The predicted molar refractivity (Wildman–Crippen MR) is 120 cm³/mol. The van der Waals surface area contributed by atoms with E-state index in [4.69, 9.17) is 0 Å². The van der Waals surface area contributed by atoms with Crippen LogP contribution in [0.15, 0.2) is 69.5 Å². The van der Waals surface area contributed by atoms with Crippen molar-refractivity contribution in [1.29, 1.82) is 0 Å². The van der Waals surface area contributed by atoms with Crippen molar-refractivity contribution in [2.75, 3.05) is 0 Å². The third-order valence-corrected chi connectivity index (χ3v) is 6.79. The second kappa shape index (κ2) is 8.95. The molecule has 1 aromatic carbocycles.